The van der Waals surface area contributed by atoms with Crippen molar-refractivity contribution in [3.05, 3.63) is 34.8 Å². The van der Waals surface area contributed by atoms with E-state index in [9.17, 15) is 0 Å². The Balaban J connectivity index is 1.89. The Morgan fingerprint density at radius 3 is 2.80 bits per heavy atom. The number of ether oxygens (including phenoxy) is 3. The maximum absolute atomic E-state index is 5.66. The van der Waals surface area contributed by atoms with Crippen molar-refractivity contribution in [3.8, 4) is 11.5 Å². The van der Waals surface area contributed by atoms with Gasteiger partial charge < -0.3 is 14.2 Å². The lowest BCUT2D eigenvalue weighted by Crippen LogP contribution is -2.10. The summed E-state index contributed by atoms with van der Waals surface area (Å²) in [5.41, 5.74) is 0. The first-order chi connectivity index (χ1) is 9.72. The number of methoxy groups -OCH3 is 2. The van der Waals surface area contributed by atoms with Crippen molar-refractivity contribution >= 4 is 15.9 Å². The molecule has 0 saturated heterocycles. The van der Waals surface area contributed by atoms with Gasteiger partial charge in [0, 0.05) is 13.2 Å². The average molecular weight is 342 g/mol. The summed E-state index contributed by atoms with van der Waals surface area (Å²) in [5, 5.41) is 4.29. The molecule has 1 heterocycles. The van der Waals surface area contributed by atoms with Crippen molar-refractivity contribution < 1.29 is 14.2 Å². The van der Waals surface area contributed by atoms with Crippen LogP contribution in [0.25, 0.3) is 0 Å². The normalized spacial score (nSPS) is 10.6. The van der Waals surface area contributed by atoms with Gasteiger partial charge >= 0.3 is 0 Å². The third-order valence-corrected chi connectivity index (χ3v) is 3.14. The first-order valence-corrected chi connectivity index (χ1v) is 6.87. The van der Waals surface area contributed by atoms with Crippen LogP contribution >= 0.6 is 15.9 Å². The Hall–Kier alpha value is -1.60. The summed E-state index contributed by atoms with van der Waals surface area (Å²) < 4.78 is 18.2. The van der Waals surface area contributed by atoms with Gasteiger partial charge in [0.1, 0.15) is 24.7 Å². The number of hydrogen-bond donors (Lipinski definition) is 0. The molecule has 0 N–H and O–H groups in total. The number of aromatic nitrogens is 3. The lowest BCUT2D eigenvalue weighted by atomic mass is 10.3. The van der Waals surface area contributed by atoms with E-state index in [0.29, 0.717) is 30.3 Å². The number of nitrogens with zero attached hydrogens (tertiary/aromatic N) is 3. The predicted molar refractivity (Wildman–Crippen MR) is 76.9 cm³/mol. The molecule has 0 spiro atoms. The number of rotatable bonds is 7. The molecule has 2 rings (SSSR count). The van der Waals surface area contributed by atoms with Gasteiger partial charge in [-0.1, -0.05) is 6.07 Å². The molecule has 108 valence electrons. The fourth-order valence-corrected chi connectivity index (χ4v) is 2.10. The molecule has 0 fully saturated rings. The zero-order valence-electron chi connectivity index (χ0n) is 11.4. The Bertz CT molecular complexity index is 560. The minimum Gasteiger partial charge on any atom is -0.497 e. The van der Waals surface area contributed by atoms with E-state index in [1.165, 1.54) is 0 Å². The molecule has 0 aliphatic heterocycles. The average Bonchev–Trinajstić information content (AvgIpc) is 2.80. The standard InChI is InChI=1S/C13H16BrN3O3/c1-18-9-12-15-13(14)17(16-12)6-7-20-11-5-3-4-10(8-11)19-2/h3-5,8H,6-7,9H2,1-2H3. The van der Waals surface area contributed by atoms with Crippen LogP contribution in [0.15, 0.2) is 29.0 Å². The molecule has 0 aliphatic carbocycles. The van der Waals surface area contributed by atoms with Crippen LogP contribution in [0.2, 0.25) is 0 Å². The molecule has 7 heteroatoms. The molecule has 2 aromatic rings. The molecule has 6 nitrogen and oxygen atoms in total. The van der Waals surface area contributed by atoms with Crippen LogP contribution in [-0.2, 0) is 17.9 Å². The molecule has 20 heavy (non-hydrogen) atoms. The van der Waals surface area contributed by atoms with E-state index in [1.54, 1.807) is 18.9 Å². The van der Waals surface area contributed by atoms with Crippen molar-refractivity contribution in [3.63, 3.8) is 0 Å². The maximum Gasteiger partial charge on any atom is 0.195 e. The Morgan fingerprint density at radius 2 is 2.05 bits per heavy atom. The van der Waals surface area contributed by atoms with Crippen LogP contribution in [0, 0.1) is 0 Å². The highest BCUT2D eigenvalue weighted by Gasteiger charge is 2.07. The zero-order chi connectivity index (χ0) is 14.4. The quantitative estimate of drug-likeness (QED) is 0.773. The predicted octanol–water partition coefficient (Wildman–Crippen LogP) is 2.27. The summed E-state index contributed by atoms with van der Waals surface area (Å²) in [4.78, 5) is 4.22. The summed E-state index contributed by atoms with van der Waals surface area (Å²) in [5.74, 6) is 2.17. The molecule has 0 atom stereocenters. The third-order valence-electron chi connectivity index (χ3n) is 2.56. The number of hydrogen-bond acceptors (Lipinski definition) is 5. The molecule has 0 bridgehead atoms. The molecular weight excluding hydrogens is 326 g/mol. The van der Waals surface area contributed by atoms with Crippen LogP contribution in [0.4, 0.5) is 0 Å². The van der Waals surface area contributed by atoms with E-state index in [-0.39, 0.29) is 0 Å². The molecule has 0 amide bonds. The Kier molecular flexibility index (Phi) is 5.37. The van der Waals surface area contributed by atoms with E-state index < -0.39 is 0 Å². The van der Waals surface area contributed by atoms with Gasteiger partial charge in [-0.05, 0) is 28.1 Å². The van der Waals surface area contributed by atoms with Gasteiger partial charge in [0.05, 0.1) is 13.7 Å². The van der Waals surface area contributed by atoms with Gasteiger partial charge in [0.2, 0.25) is 0 Å². The fourth-order valence-electron chi connectivity index (χ4n) is 1.64. The minimum absolute atomic E-state index is 0.391. The maximum atomic E-state index is 5.66. The van der Waals surface area contributed by atoms with Crippen molar-refractivity contribution in [2.24, 2.45) is 0 Å². The summed E-state index contributed by atoms with van der Waals surface area (Å²) in [7, 11) is 3.24. The van der Waals surface area contributed by atoms with E-state index in [0.717, 1.165) is 11.5 Å². The summed E-state index contributed by atoms with van der Waals surface area (Å²) in [6.45, 7) is 1.47. The topological polar surface area (TPSA) is 58.4 Å². The summed E-state index contributed by atoms with van der Waals surface area (Å²) >= 11 is 3.35. The fraction of sp³-hybridized carbons (Fsp3) is 0.385. The van der Waals surface area contributed by atoms with Gasteiger partial charge in [-0.25, -0.2) is 9.67 Å². The van der Waals surface area contributed by atoms with Crippen LogP contribution in [0.5, 0.6) is 11.5 Å². The minimum atomic E-state index is 0.391. The van der Waals surface area contributed by atoms with Crippen molar-refractivity contribution in [2.75, 3.05) is 20.8 Å². The largest absolute Gasteiger partial charge is 0.497 e. The third kappa shape index (κ3) is 3.94. The van der Waals surface area contributed by atoms with Gasteiger partial charge in [0.15, 0.2) is 10.6 Å². The second-order valence-corrected chi connectivity index (χ2v) is 4.69. The van der Waals surface area contributed by atoms with E-state index >= 15 is 0 Å². The summed E-state index contributed by atoms with van der Waals surface area (Å²) in [6.07, 6.45) is 0. The second kappa shape index (κ2) is 7.25. The summed E-state index contributed by atoms with van der Waals surface area (Å²) in [6, 6.07) is 7.48. The van der Waals surface area contributed by atoms with Crippen LogP contribution in [0.1, 0.15) is 5.82 Å². The van der Waals surface area contributed by atoms with E-state index in [4.69, 9.17) is 14.2 Å². The molecular formula is C13H16BrN3O3. The monoisotopic (exact) mass is 341 g/mol. The first kappa shape index (κ1) is 14.8. The number of halogens is 1. The zero-order valence-corrected chi connectivity index (χ0v) is 13.0. The number of benzene rings is 1. The highest BCUT2D eigenvalue weighted by atomic mass is 79.9. The molecule has 0 unspecified atom stereocenters. The van der Waals surface area contributed by atoms with Gasteiger partial charge in [0.25, 0.3) is 0 Å². The molecule has 0 saturated carbocycles. The van der Waals surface area contributed by atoms with Crippen molar-refractivity contribution in [1.29, 1.82) is 0 Å². The second-order valence-electron chi connectivity index (χ2n) is 3.98. The Labute approximate surface area is 125 Å². The van der Waals surface area contributed by atoms with E-state index in [2.05, 4.69) is 26.0 Å². The van der Waals surface area contributed by atoms with Gasteiger partial charge in [-0.2, -0.15) is 5.10 Å². The van der Waals surface area contributed by atoms with Crippen molar-refractivity contribution in [1.82, 2.24) is 14.8 Å². The van der Waals surface area contributed by atoms with Crippen LogP contribution in [-0.4, -0.2) is 35.6 Å². The lowest BCUT2D eigenvalue weighted by Gasteiger charge is -2.07. The SMILES string of the molecule is COCc1nc(Br)n(CCOc2cccc(OC)c2)n1. The van der Waals surface area contributed by atoms with E-state index in [1.807, 2.05) is 24.3 Å². The van der Waals surface area contributed by atoms with Crippen molar-refractivity contribution in [2.45, 2.75) is 13.2 Å². The van der Waals surface area contributed by atoms with Gasteiger partial charge in [-0.15, -0.1) is 0 Å². The molecule has 0 radical (unpaired) electrons. The van der Waals surface area contributed by atoms with Crippen LogP contribution < -0.4 is 9.47 Å². The Morgan fingerprint density at radius 1 is 1.25 bits per heavy atom. The smallest absolute Gasteiger partial charge is 0.195 e. The molecule has 0 aliphatic rings. The highest BCUT2D eigenvalue weighted by Crippen LogP contribution is 2.18. The first-order valence-electron chi connectivity index (χ1n) is 6.08. The lowest BCUT2D eigenvalue weighted by molar-refractivity contribution is 0.177. The molecule has 1 aromatic heterocycles. The van der Waals surface area contributed by atoms with Crippen LogP contribution in [0.3, 0.4) is 0 Å². The molecule has 1 aromatic carbocycles. The highest BCUT2D eigenvalue weighted by molar-refractivity contribution is 9.10. The van der Waals surface area contributed by atoms with Gasteiger partial charge in [-0.3, -0.25) is 0 Å².